The van der Waals surface area contributed by atoms with Crippen molar-refractivity contribution in [3.05, 3.63) is 77.7 Å². The second-order valence-electron chi connectivity index (χ2n) is 6.54. The summed E-state index contributed by atoms with van der Waals surface area (Å²) in [4.78, 5) is 29.1. The van der Waals surface area contributed by atoms with Gasteiger partial charge in [0.05, 0.1) is 29.1 Å². The number of aromatic nitrogens is 4. The Morgan fingerprint density at radius 2 is 1.93 bits per heavy atom. The van der Waals surface area contributed by atoms with Gasteiger partial charge in [0.15, 0.2) is 5.69 Å². The van der Waals surface area contributed by atoms with E-state index in [0.29, 0.717) is 16.9 Å². The highest BCUT2D eigenvalue weighted by atomic mass is 16.5. The number of carbonyl (C=O) groups excluding carboxylic acids is 2. The molecule has 2 aromatic carbocycles. The summed E-state index contributed by atoms with van der Waals surface area (Å²) in [6, 6.07) is 16.0. The van der Waals surface area contributed by atoms with E-state index in [4.69, 9.17) is 4.74 Å². The second-order valence-corrected chi connectivity index (χ2v) is 6.54. The summed E-state index contributed by atoms with van der Waals surface area (Å²) in [7, 11) is 0. The first-order valence-electron chi connectivity index (χ1n) is 9.43. The maximum absolute atomic E-state index is 12.8. The molecular formula is C22H19N5O3. The highest BCUT2D eigenvalue weighted by Gasteiger charge is 2.19. The molecule has 0 saturated heterocycles. The third-order valence-electron chi connectivity index (χ3n) is 4.59. The zero-order valence-corrected chi connectivity index (χ0v) is 16.5. The molecule has 1 N–H and O–H groups in total. The van der Waals surface area contributed by atoms with Gasteiger partial charge in [0.1, 0.15) is 0 Å². The number of nitrogens with one attached hydrogen (secondary N) is 1. The zero-order chi connectivity index (χ0) is 21.1. The lowest BCUT2D eigenvalue weighted by atomic mass is 10.1. The van der Waals surface area contributed by atoms with Crippen LogP contribution in [0.15, 0.2) is 60.8 Å². The van der Waals surface area contributed by atoms with Gasteiger partial charge in [-0.15, -0.1) is 5.10 Å². The summed E-state index contributed by atoms with van der Waals surface area (Å²) in [5.41, 5.74) is 3.22. The minimum absolute atomic E-state index is 0.192. The third kappa shape index (κ3) is 3.62. The quantitative estimate of drug-likeness (QED) is 0.514. The third-order valence-corrected chi connectivity index (χ3v) is 4.59. The van der Waals surface area contributed by atoms with Gasteiger partial charge in [0, 0.05) is 17.3 Å². The number of hydrogen-bond donors (Lipinski definition) is 1. The van der Waals surface area contributed by atoms with Crippen molar-refractivity contribution in [1.29, 1.82) is 0 Å². The first-order chi connectivity index (χ1) is 14.6. The number of fused-ring (bicyclic) bond motifs is 1. The molecule has 150 valence electrons. The molecule has 30 heavy (non-hydrogen) atoms. The van der Waals surface area contributed by atoms with Crippen molar-refractivity contribution in [2.45, 2.75) is 13.8 Å². The van der Waals surface area contributed by atoms with Crippen LogP contribution >= 0.6 is 0 Å². The zero-order valence-electron chi connectivity index (χ0n) is 16.5. The van der Waals surface area contributed by atoms with Gasteiger partial charge in [-0.1, -0.05) is 17.3 Å². The predicted molar refractivity (Wildman–Crippen MR) is 112 cm³/mol. The first kappa shape index (κ1) is 19.3. The van der Waals surface area contributed by atoms with E-state index in [1.165, 1.54) is 0 Å². The molecule has 0 atom stereocenters. The van der Waals surface area contributed by atoms with Crippen LogP contribution in [0.1, 0.15) is 33.5 Å². The number of benzene rings is 2. The van der Waals surface area contributed by atoms with E-state index >= 15 is 0 Å². The lowest BCUT2D eigenvalue weighted by molar-refractivity contribution is 0.0526. The van der Waals surface area contributed by atoms with Crippen LogP contribution in [0.3, 0.4) is 0 Å². The van der Waals surface area contributed by atoms with Gasteiger partial charge in [-0.25, -0.2) is 9.48 Å². The van der Waals surface area contributed by atoms with E-state index in [1.807, 2.05) is 30.3 Å². The van der Waals surface area contributed by atoms with Crippen LogP contribution in [-0.4, -0.2) is 38.5 Å². The van der Waals surface area contributed by atoms with Crippen molar-refractivity contribution < 1.29 is 14.3 Å². The summed E-state index contributed by atoms with van der Waals surface area (Å²) in [5, 5.41) is 11.9. The molecule has 8 nitrogen and oxygen atoms in total. The van der Waals surface area contributed by atoms with Crippen LogP contribution in [0.2, 0.25) is 0 Å². The Balaban J connectivity index is 1.62. The van der Waals surface area contributed by atoms with Gasteiger partial charge in [0.2, 0.25) is 0 Å². The van der Waals surface area contributed by atoms with E-state index < -0.39 is 11.9 Å². The van der Waals surface area contributed by atoms with E-state index in [1.54, 1.807) is 49.0 Å². The van der Waals surface area contributed by atoms with Crippen LogP contribution in [0.4, 0.5) is 5.69 Å². The summed E-state index contributed by atoms with van der Waals surface area (Å²) in [6.45, 7) is 3.79. The molecule has 1 amide bonds. The summed E-state index contributed by atoms with van der Waals surface area (Å²) >= 11 is 0. The Morgan fingerprint density at radius 1 is 1.10 bits per heavy atom. The van der Waals surface area contributed by atoms with Crippen molar-refractivity contribution in [2.75, 3.05) is 11.9 Å². The van der Waals surface area contributed by atoms with E-state index in [-0.39, 0.29) is 12.3 Å². The normalized spacial score (nSPS) is 10.7. The fourth-order valence-electron chi connectivity index (χ4n) is 3.17. The van der Waals surface area contributed by atoms with Gasteiger partial charge in [-0.2, -0.15) is 0 Å². The lowest BCUT2D eigenvalue weighted by Gasteiger charge is -2.08. The molecule has 8 heteroatoms. The molecule has 0 aliphatic heterocycles. The number of pyridine rings is 1. The molecule has 0 fully saturated rings. The van der Waals surface area contributed by atoms with Crippen molar-refractivity contribution in [3.63, 3.8) is 0 Å². The van der Waals surface area contributed by atoms with Crippen molar-refractivity contribution in [3.8, 4) is 5.69 Å². The van der Waals surface area contributed by atoms with E-state index in [0.717, 1.165) is 16.6 Å². The molecule has 4 rings (SSSR count). The average Bonchev–Trinajstić information content (AvgIpc) is 3.15. The SMILES string of the molecule is CCOC(=O)c1cccc(NC(=O)c2nnn(-c3cccc4ncccc34)c2C)c1. The molecular weight excluding hydrogens is 382 g/mol. The number of anilines is 1. The molecule has 0 saturated carbocycles. The topological polar surface area (TPSA) is 99.0 Å². The van der Waals surface area contributed by atoms with Crippen LogP contribution in [0, 0.1) is 6.92 Å². The summed E-state index contributed by atoms with van der Waals surface area (Å²) < 4.78 is 6.62. The highest BCUT2D eigenvalue weighted by Crippen LogP contribution is 2.22. The Morgan fingerprint density at radius 3 is 2.77 bits per heavy atom. The molecule has 0 aliphatic carbocycles. The Labute approximate surface area is 172 Å². The molecule has 0 radical (unpaired) electrons. The minimum atomic E-state index is -0.444. The second kappa shape index (κ2) is 8.12. The fraction of sp³-hybridized carbons (Fsp3) is 0.136. The standard InChI is InChI=1S/C22H19N5O3/c1-3-30-22(29)15-7-4-8-16(13-15)24-21(28)20-14(2)27(26-25-20)19-11-5-10-18-17(19)9-6-12-23-18/h4-13H,3H2,1-2H3,(H,24,28). The smallest absolute Gasteiger partial charge is 0.338 e. The summed E-state index contributed by atoms with van der Waals surface area (Å²) in [6.07, 6.45) is 1.73. The Kier molecular flexibility index (Phi) is 5.21. The number of nitrogens with zero attached hydrogens (tertiary/aromatic N) is 4. The van der Waals surface area contributed by atoms with Gasteiger partial charge < -0.3 is 10.1 Å². The minimum Gasteiger partial charge on any atom is -0.462 e. The van der Waals surface area contributed by atoms with Crippen LogP contribution in [0.25, 0.3) is 16.6 Å². The number of hydrogen-bond acceptors (Lipinski definition) is 6. The largest absolute Gasteiger partial charge is 0.462 e. The van der Waals surface area contributed by atoms with Crippen LogP contribution in [-0.2, 0) is 4.74 Å². The van der Waals surface area contributed by atoms with Gasteiger partial charge in [-0.05, 0) is 56.3 Å². The number of carbonyl (C=O) groups is 2. The van der Waals surface area contributed by atoms with E-state index in [2.05, 4.69) is 20.6 Å². The monoisotopic (exact) mass is 401 g/mol. The Hall–Kier alpha value is -4.07. The van der Waals surface area contributed by atoms with Crippen molar-refractivity contribution in [2.24, 2.45) is 0 Å². The fourth-order valence-corrected chi connectivity index (χ4v) is 3.17. The molecule has 0 spiro atoms. The molecule has 0 aliphatic rings. The number of ether oxygens (including phenoxy) is 1. The van der Waals surface area contributed by atoms with Crippen molar-refractivity contribution in [1.82, 2.24) is 20.0 Å². The Bertz CT molecular complexity index is 1240. The number of esters is 1. The maximum Gasteiger partial charge on any atom is 0.338 e. The highest BCUT2D eigenvalue weighted by molar-refractivity contribution is 6.04. The maximum atomic E-state index is 12.8. The van der Waals surface area contributed by atoms with Crippen LogP contribution < -0.4 is 5.32 Å². The molecule has 0 unspecified atom stereocenters. The first-order valence-corrected chi connectivity index (χ1v) is 9.43. The molecule has 4 aromatic rings. The van der Waals surface area contributed by atoms with E-state index in [9.17, 15) is 9.59 Å². The van der Waals surface area contributed by atoms with Crippen molar-refractivity contribution >= 4 is 28.5 Å². The molecule has 2 aromatic heterocycles. The molecule has 0 bridgehead atoms. The number of rotatable bonds is 5. The predicted octanol–water partition coefficient (Wildman–Crippen LogP) is 3.55. The van der Waals surface area contributed by atoms with Gasteiger partial charge >= 0.3 is 5.97 Å². The summed E-state index contributed by atoms with van der Waals surface area (Å²) in [5.74, 6) is -0.863. The van der Waals surface area contributed by atoms with Crippen LogP contribution in [0.5, 0.6) is 0 Å². The lowest BCUT2D eigenvalue weighted by Crippen LogP contribution is -2.15. The molecule has 2 heterocycles. The number of amides is 1. The average molecular weight is 401 g/mol. The van der Waals surface area contributed by atoms with Gasteiger partial charge in [-0.3, -0.25) is 9.78 Å². The van der Waals surface area contributed by atoms with Gasteiger partial charge in [0.25, 0.3) is 5.91 Å².